The Labute approximate surface area is 220 Å². The highest BCUT2D eigenvalue weighted by atomic mass is 19.1. The molecule has 0 saturated carbocycles. The number of carbonyl (C=O) groups excluding carboxylic acids is 1. The van der Waals surface area contributed by atoms with Crippen molar-refractivity contribution in [2.45, 2.75) is 59.0 Å². The molecule has 0 aliphatic carbocycles. The van der Waals surface area contributed by atoms with E-state index >= 15 is 0 Å². The third-order valence-corrected chi connectivity index (χ3v) is 6.04. The van der Waals surface area contributed by atoms with E-state index in [0.717, 1.165) is 54.9 Å². The number of anilines is 2. The number of hydrogen-bond donors (Lipinski definition) is 1. The van der Waals surface area contributed by atoms with Crippen LogP contribution in [0.4, 0.5) is 15.9 Å². The summed E-state index contributed by atoms with van der Waals surface area (Å²) in [6.45, 7) is 13.4. The summed E-state index contributed by atoms with van der Waals surface area (Å²) in [7, 11) is 0. The minimum atomic E-state index is -1.40. The van der Waals surface area contributed by atoms with E-state index in [-0.39, 0.29) is 12.5 Å². The summed E-state index contributed by atoms with van der Waals surface area (Å²) in [5.41, 5.74) is 2.67. The van der Waals surface area contributed by atoms with Crippen LogP contribution >= 0.6 is 0 Å². The molecule has 1 aromatic carbocycles. The number of carbonyl (C=O) groups is 1. The number of rotatable bonds is 11. The lowest BCUT2D eigenvalue weighted by Crippen LogP contribution is -2.30. The smallest absolute Gasteiger partial charge is 0.255 e. The molecule has 2 aromatic rings. The van der Waals surface area contributed by atoms with Crippen LogP contribution in [0.1, 0.15) is 52.0 Å². The number of halogens is 1. The maximum absolute atomic E-state index is 13.6. The number of nitrogens with zero attached hydrogens (tertiary/aromatic N) is 3. The molecule has 1 aliphatic heterocycles. The molecule has 37 heavy (non-hydrogen) atoms. The number of pyridine rings is 1. The van der Waals surface area contributed by atoms with Gasteiger partial charge in [0.1, 0.15) is 11.5 Å². The first kappa shape index (κ1) is 28.1. The molecule has 0 spiro atoms. The van der Waals surface area contributed by atoms with Gasteiger partial charge in [0.25, 0.3) is 5.91 Å². The van der Waals surface area contributed by atoms with E-state index in [2.05, 4.69) is 34.8 Å². The van der Waals surface area contributed by atoms with Crippen LogP contribution in [0.3, 0.4) is 0 Å². The molecule has 6 nitrogen and oxygen atoms in total. The van der Waals surface area contributed by atoms with Gasteiger partial charge in [0.2, 0.25) is 5.88 Å². The van der Waals surface area contributed by atoms with E-state index in [1.165, 1.54) is 38.6 Å². The van der Waals surface area contributed by atoms with Crippen molar-refractivity contribution in [2.24, 2.45) is 4.99 Å². The van der Waals surface area contributed by atoms with Gasteiger partial charge in [-0.25, -0.2) is 4.39 Å². The fourth-order valence-electron chi connectivity index (χ4n) is 4.07. The van der Waals surface area contributed by atoms with E-state index in [4.69, 9.17) is 9.72 Å². The predicted molar refractivity (Wildman–Crippen MR) is 152 cm³/mol. The molecule has 0 atom stereocenters. The molecule has 1 aromatic heterocycles. The van der Waals surface area contributed by atoms with Crippen molar-refractivity contribution in [3.8, 4) is 17.0 Å². The number of aromatic nitrogens is 1. The zero-order valence-electron chi connectivity index (χ0n) is 22.5. The number of nitrogens with one attached hydrogen (secondary N) is 1. The Morgan fingerprint density at radius 2 is 2.00 bits per heavy atom. The summed E-state index contributed by atoms with van der Waals surface area (Å²) in [6, 6.07) is 9.90. The van der Waals surface area contributed by atoms with Gasteiger partial charge in [-0.1, -0.05) is 25.6 Å². The summed E-state index contributed by atoms with van der Waals surface area (Å²) in [5.74, 6) is 1.22. The monoisotopic (exact) mass is 506 g/mol. The minimum absolute atomic E-state index is 0.0200. The van der Waals surface area contributed by atoms with Crippen molar-refractivity contribution in [1.82, 2.24) is 4.98 Å². The van der Waals surface area contributed by atoms with Crippen molar-refractivity contribution in [1.29, 1.82) is 0 Å². The molecule has 0 unspecified atom stereocenters. The van der Waals surface area contributed by atoms with E-state index in [1.54, 1.807) is 0 Å². The molecule has 198 valence electrons. The van der Waals surface area contributed by atoms with Gasteiger partial charge in [-0.3, -0.25) is 9.79 Å². The molecule has 1 fully saturated rings. The summed E-state index contributed by atoms with van der Waals surface area (Å²) in [6.07, 6.45) is 8.91. The van der Waals surface area contributed by atoms with Crippen LogP contribution in [0.5, 0.6) is 5.88 Å². The van der Waals surface area contributed by atoms with Crippen LogP contribution in [-0.2, 0) is 4.79 Å². The number of hydrogen-bond acceptors (Lipinski definition) is 5. The predicted octanol–water partition coefficient (Wildman–Crippen LogP) is 6.71. The van der Waals surface area contributed by atoms with Crippen LogP contribution < -0.4 is 15.0 Å². The number of piperidine rings is 1. The third-order valence-electron chi connectivity index (χ3n) is 6.04. The number of allylic oxidation sites excluding steroid dienone is 1. The van der Waals surface area contributed by atoms with Gasteiger partial charge in [-0.05, 0) is 87.4 Å². The second-order valence-corrected chi connectivity index (χ2v) is 9.97. The topological polar surface area (TPSA) is 66.8 Å². The van der Waals surface area contributed by atoms with Gasteiger partial charge in [0, 0.05) is 36.6 Å². The lowest BCUT2D eigenvalue weighted by Gasteiger charge is -2.28. The normalized spacial score (nSPS) is 14.6. The lowest BCUT2D eigenvalue weighted by molar-refractivity contribution is -0.112. The number of aliphatic imine (C=N–C) groups is 1. The van der Waals surface area contributed by atoms with Crippen molar-refractivity contribution >= 4 is 23.6 Å². The Morgan fingerprint density at radius 3 is 2.68 bits per heavy atom. The summed E-state index contributed by atoms with van der Waals surface area (Å²) in [5, 5.41) is 2.94. The van der Waals surface area contributed by atoms with E-state index in [1.807, 2.05) is 31.2 Å². The van der Waals surface area contributed by atoms with Crippen molar-refractivity contribution < 1.29 is 13.9 Å². The molecule has 1 N–H and O–H groups in total. The minimum Gasteiger partial charge on any atom is -0.478 e. The fourth-order valence-corrected chi connectivity index (χ4v) is 4.07. The average molecular weight is 507 g/mol. The molecule has 1 amide bonds. The first-order valence-corrected chi connectivity index (χ1v) is 13.0. The van der Waals surface area contributed by atoms with Crippen molar-refractivity contribution in [2.75, 3.05) is 36.5 Å². The number of amides is 1. The van der Waals surface area contributed by atoms with Gasteiger partial charge >= 0.3 is 0 Å². The zero-order valence-corrected chi connectivity index (χ0v) is 22.5. The number of aryl methyl sites for hydroxylation is 1. The fraction of sp³-hybridized carbons (Fsp3) is 0.433. The summed E-state index contributed by atoms with van der Waals surface area (Å²) in [4.78, 5) is 24.0. The van der Waals surface area contributed by atoms with Gasteiger partial charge in [-0.2, -0.15) is 4.98 Å². The first-order chi connectivity index (χ1) is 17.7. The highest BCUT2D eigenvalue weighted by molar-refractivity contribution is 6.08. The van der Waals surface area contributed by atoms with Crippen LogP contribution in [-0.4, -0.2) is 49.0 Å². The second-order valence-electron chi connectivity index (χ2n) is 9.97. The standard InChI is InChI=1S/C30H39FN4O2/c1-6-17-37-28-19-24(18-27(34-28)35-15-9-8-10-16-35)26-20-25(12-11-22(26)3)33-29(36)23(7-2)13-14-32-21-30(4,5)31/h7,11-14,18-20H,2,6,8-10,15-17,21H2,1,3-5H3,(H,33,36)/b23-13+,32-14-. The molecule has 1 aliphatic rings. The molecule has 1 saturated heterocycles. The largest absolute Gasteiger partial charge is 0.478 e. The van der Waals surface area contributed by atoms with E-state index in [9.17, 15) is 9.18 Å². The molecule has 7 heteroatoms. The maximum atomic E-state index is 13.6. The molecule has 3 rings (SSSR count). The molecular weight excluding hydrogens is 467 g/mol. The number of alkyl halides is 1. The van der Waals surface area contributed by atoms with E-state index < -0.39 is 5.67 Å². The summed E-state index contributed by atoms with van der Waals surface area (Å²) < 4.78 is 19.6. The SMILES string of the molecule is C=C/C(=C\C=N/CC(C)(C)F)C(=O)Nc1ccc(C)c(-c2cc(OCCC)nc(N3CCCCC3)c2)c1. The van der Waals surface area contributed by atoms with Crippen LogP contribution in [0, 0.1) is 6.92 Å². The van der Waals surface area contributed by atoms with Crippen LogP contribution in [0.25, 0.3) is 11.1 Å². The van der Waals surface area contributed by atoms with Gasteiger partial charge in [0.15, 0.2) is 0 Å². The Kier molecular flexibility index (Phi) is 10.0. The molecule has 0 radical (unpaired) electrons. The maximum Gasteiger partial charge on any atom is 0.255 e. The second kappa shape index (κ2) is 13.2. The number of benzene rings is 1. The Bertz CT molecular complexity index is 1140. The third kappa shape index (κ3) is 8.55. The summed E-state index contributed by atoms with van der Waals surface area (Å²) >= 11 is 0. The van der Waals surface area contributed by atoms with Crippen LogP contribution in [0.15, 0.2) is 59.6 Å². The van der Waals surface area contributed by atoms with Gasteiger partial charge < -0.3 is 15.0 Å². The zero-order chi connectivity index (χ0) is 26.8. The Morgan fingerprint density at radius 1 is 1.24 bits per heavy atom. The lowest BCUT2D eigenvalue weighted by atomic mass is 10.00. The molecule has 0 bridgehead atoms. The Balaban J connectivity index is 1.87. The highest BCUT2D eigenvalue weighted by Gasteiger charge is 2.17. The van der Waals surface area contributed by atoms with Crippen molar-refractivity contribution in [3.63, 3.8) is 0 Å². The van der Waals surface area contributed by atoms with Gasteiger partial charge in [-0.15, -0.1) is 0 Å². The molecular formula is C30H39FN4O2. The molecule has 2 heterocycles. The van der Waals surface area contributed by atoms with E-state index in [0.29, 0.717) is 23.7 Å². The van der Waals surface area contributed by atoms with Crippen LogP contribution in [0.2, 0.25) is 0 Å². The quantitative estimate of drug-likeness (QED) is 0.209. The van der Waals surface area contributed by atoms with Gasteiger partial charge in [0.05, 0.1) is 13.2 Å². The van der Waals surface area contributed by atoms with Crippen molar-refractivity contribution in [3.05, 3.63) is 60.2 Å². The highest BCUT2D eigenvalue weighted by Crippen LogP contribution is 2.32. The Hall–Kier alpha value is -3.48. The first-order valence-electron chi connectivity index (χ1n) is 13.0. The number of ether oxygens (including phenoxy) is 1. The average Bonchev–Trinajstić information content (AvgIpc) is 2.88.